The monoisotopic (exact) mass is 372 g/mol. The van der Waals surface area contributed by atoms with Crippen LogP contribution in [0, 0.1) is 5.92 Å². The number of hydrogen-bond donors (Lipinski definition) is 2. The Morgan fingerprint density at radius 3 is 2.56 bits per heavy atom. The van der Waals surface area contributed by atoms with Gasteiger partial charge in [0.15, 0.2) is 5.78 Å². The van der Waals surface area contributed by atoms with Crippen molar-refractivity contribution in [1.29, 1.82) is 0 Å². The number of benzene rings is 1. The fourth-order valence-corrected chi connectivity index (χ4v) is 2.51. The number of nitrogens with zero attached hydrogens (tertiary/aromatic N) is 2. The normalized spacial score (nSPS) is 10.7. The smallest absolute Gasteiger partial charge is 0.339 e. The number of ketones is 1. The molecule has 8 nitrogen and oxygen atoms in total. The van der Waals surface area contributed by atoms with Crippen molar-refractivity contribution in [2.45, 2.75) is 34.1 Å². The molecular formula is C19H24N4O4. The lowest BCUT2D eigenvalue weighted by Crippen LogP contribution is -2.23. The number of amides is 2. The number of Topliss-reactive ketones (excluding diaryl/α,β-unsaturated/α-hetero) is 1. The lowest BCUT2D eigenvalue weighted by atomic mass is 10.1. The van der Waals surface area contributed by atoms with Gasteiger partial charge < -0.3 is 15.8 Å². The van der Waals surface area contributed by atoms with Crippen LogP contribution in [-0.4, -0.2) is 34.1 Å². The summed E-state index contributed by atoms with van der Waals surface area (Å²) >= 11 is 0. The number of ether oxygens (including phenoxy) is 1. The summed E-state index contributed by atoms with van der Waals surface area (Å²) in [6.45, 7) is 7.67. The molecule has 8 heteroatoms. The van der Waals surface area contributed by atoms with E-state index in [-0.39, 0.29) is 17.3 Å². The summed E-state index contributed by atoms with van der Waals surface area (Å²) in [5, 5.41) is 6.63. The average Bonchev–Trinajstić information content (AvgIpc) is 3.02. The maximum absolute atomic E-state index is 12.8. The third-order valence-corrected chi connectivity index (χ3v) is 3.86. The van der Waals surface area contributed by atoms with Crippen molar-refractivity contribution in [1.82, 2.24) is 9.78 Å². The van der Waals surface area contributed by atoms with Crippen LogP contribution in [0.4, 0.5) is 10.5 Å². The summed E-state index contributed by atoms with van der Waals surface area (Å²) < 4.78 is 6.76. The predicted octanol–water partition coefficient (Wildman–Crippen LogP) is 2.86. The van der Waals surface area contributed by atoms with E-state index in [1.807, 2.05) is 20.8 Å². The largest absolute Gasteiger partial charge is 0.492 e. The van der Waals surface area contributed by atoms with Crippen molar-refractivity contribution < 1.29 is 19.1 Å². The standard InChI is InChI=1S/C19H24N4O4/c1-5-16-15(9-21-23(16)19(20)26)22-18(25)14-8-13(12(4)24)6-7-17(14)27-10-11(2)3/h6-9,11H,5,10H2,1-4H3,(H2,20,26)(H,22,25). The highest BCUT2D eigenvalue weighted by molar-refractivity contribution is 6.08. The van der Waals surface area contributed by atoms with E-state index in [1.54, 1.807) is 12.1 Å². The van der Waals surface area contributed by atoms with Crippen LogP contribution in [0.2, 0.25) is 0 Å². The number of anilines is 1. The molecule has 2 rings (SSSR count). The first-order valence-corrected chi connectivity index (χ1v) is 8.70. The number of rotatable bonds is 7. The average molecular weight is 372 g/mol. The molecule has 0 spiro atoms. The van der Waals surface area contributed by atoms with E-state index in [4.69, 9.17) is 10.5 Å². The van der Waals surface area contributed by atoms with E-state index < -0.39 is 11.9 Å². The Kier molecular flexibility index (Phi) is 6.33. The fourth-order valence-electron chi connectivity index (χ4n) is 2.51. The molecule has 0 bridgehead atoms. The number of nitrogens with one attached hydrogen (secondary N) is 1. The van der Waals surface area contributed by atoms with E-state index >= 15 is 0 Å². The molecule has 2 amide bonds. The van der Waals surface area contributed by atoms with Crippen LogP contribution < -0.4 is 15.8 Å². The molecule has 0 saturated carbocycles. The quantitative estimate of drug-likeness (QED) is 0.725. The summed E-state index contributed by atoms with van der Waals surface area (Å²) in [5.41, 5.74) is 6.79. The summed E-state index contributed by atoms with van der Waals surface area (Å²) in [7, 11) is 0. The third kappa shape index (κ3) is 4.72. The molecule has 0 aliphatic heterocycles. The molecule has 27 heavy (non-hydrogen) atoms. The molecule has 2 aromatic rings. The van der Waals surface area contributed by atoms with Gasteiger partial charge in [0.25, 0.3) is 5.91 Å². The Hall–Kier alpha value is -3.16. The van der Waals surface area contributed by atoms with Crippen LogP contribution >= 0.6 is 0 Å². The van der Waals surface area contributed by atoms with Gasteiger partial charge in [-0.2, -0.15) is 9.78 Å². The second-order valence-corrected chi connectivity index (χ2v) is 6.53. The zero-order chi connectivity index (χ0) is 20.1. The van der Waals surface area contributed by atoms with Crippen LogP contribution in [0.25, 0.3) is 0 Å². The maximum Gasteiger partial charge on any atom is 0.339 e. The van der Waals surface area contributed by atoms with E-state index in [9.17, 15) is 14.4 Å². The Morgan fingerprint density at radius 1 is 1.30 bits per heavy atom. The SMILES string of the molecule is CCc1c(NC(=O)c2cc(C(C)=O)ccc2OCC(C)C)cnn1C(N)=O. The molecule has 0 unspecified atom stereocenters. The highest BCUT2D eigenvalue weighted by Crippen LogP contribution is 2.24. The van der Waals surface area contributed by atoms with E-state index in [0.29, 0.717) is 35.7 Å². The van der Waals surface area contributed by atoms with Gasteiger partial charge in [0.1, 0.15) is 5.75 Å². The molecule has 0 saturated heterocycles. The van der Waals surface area contributed by atoms with Crippen LogP contribution in [0.1, 0.15) is 54.1 Å². The minimum atomic E-state index is -0.730. The molecule has 0 aliphatic carbocycles. The highest BCUT2D eigenvalue weighted by atomic mass is 16.5. The van der Waals surface area contributed by atoms with E-state index in [1.165, 1.54) is 19.2 Å². The van der Waals surface area contributed by atoms with Crippen LogP contribution in [0.5, 0.6) is 5.75 Å². The molecule has 0 fully saturated rings. The van der Waals surface area contributed by atoms with Crippen molar-refractivity contribution >= 4 is 23.4 Å². The Morgan fingerprint density at radius 2 is 2.00 bits per heavy atom. The molecule has 1 heterocycles. The minimum Gasteiger partial charge on any atom is -0.492 e. The number of carbonyl (C=O) groups is 3. The molecular weight excluding hydrogens is 348 g/mol. The lowest BCUT2D eigenvalue weighted by Gasteiger charge is -2.14. The zero-order valence-electron chi connectivity index (χ0n) is 15.9. The molecule has 1 aromatic carbocycles. The summed E-state index contributed by atoms with van der Waals surface area (Å²) in [4.78, 5) is 36.0. The second-order valence-electron chi connectivity index (χ2n) is 6.53. The van der Waals surface area contributed by atoms with E-state index in [2.05, 4.69) is 10.4 Å². The topological polar surface area (TPSA) is 116 Å². The first-order valence-electron chi connectivity index (χ1n) is 8.70. The van der Waals surface area contributed by atoms with Crippen molar-refractivity contribution in [3.8, 4) is 5.75 Å². The Labute approximate surface area is 157 Å². The van der Waals surface area contributed by atoms with Gasteiger partial charge in [0, 0.05) is 5.56 Å². The second kappa shape index (κ2) is 8.48. The highest BCUT2D eigenvalue weighted by Gasteiger charge is 2.19. The predicted molar refractivity (Wildman–Crippen MR) is 101 cm³/mol. The van der Waals surface area contributed by atoms with Gasteiger partial charge in [-0.1, -0.05) is 20.8 Å². The van der Waals surface area contributed by atoms with Gasteiger partial charge in [-0.25, -0.2) is 4.79 Å². The zero-order valence-corrected chi connectivity index (χ0v) is 15.9. The molecule has 0 radical (unpaired) electrons. The minimum absolute atomic E-state index is 0.157. The lowest BCUT2D eigenvalue weighted by molar-refractivity contribution is 0.101. The maximum atomic E-state index is 12.8. The van der Waals surface area contributed by atoms with Gasteiger partial charge in [-0.05, 0) is 37.5 Å². The summed E-state index contributed by atoms with van der Waals surface area (Å²) in [6, 6.07) is 4.00. The molecule has 144 valence electrons. The van der Waals surface area contributed by atoms with Crippen LogP contribution in [-0.2, 0) is 6.42 Å². The number of primary amides is 1. The number of nitrogens with two attached hydrogens (primary N) is 1. The van der Waals surface area contributed by atoms with Crippen LogP contribution in [0.15, 0.2) is 24.4 Å². The Bertz CT molecular complexity index is 871. The van der Waals surface area contributed by atoms with Gasteiger partial charge in [0.2, 0.25) is 0 Å². The first kappa shape index (κ1) is 20.2. The van der Waals surface area contributed by atoms with Crippen molar-refractivity contribution in [3.05, 3.63) is 41.2 Å². The summed E-state index contributed by atoms with van der Waals surface area (Å²) in [5.74, 6) is 0.0336. The number of hydrogen-bond acceptors (Lipinski definition) is 5. The van der Waals surface area contributed by atoms with Crippen molar-refractivity contribution in [3.63, 3.8) is 0 Å². The number of carbonyl (C=O) groups excluding carboxylic acids is 3. The van der Waals surface area contributed by atoms with Crippen molar-refractivity contribution in [2.75, 3.05) is 11.9 Å². The number of aromatic nitrogens is 2. The Balaban J connectivity index is 2.37. The van der Waals surface area contributed by atoms with Gasteiger partial charge in [0.05, 0.1) is 29.7 Å². The summed E-state index contributed by atoms with van der Waals surface area (Å²) in [6.07, 6.45) is 1.81. The third-order valence-electron chi connectivity index (χ3n) is 3.86. The molecule has 3 N–H and O–H groups in total. The van der Waals surface area contributed by atoms with E-state index in [0.717, 1.165) is 4.68 Å². The molecule has 1 aromatic heterocycles. The van der Waals surface area contributed by atoms with Gasteiger partial charge in [-0.3, -0.25) is 9.59 Å². The van der Waals surface area contributed by atoms with Gasteiger partial charge in [-0.15, -0.1) is 0 Å². The van der Waals surface area contributed by atoms with Crippen molar-refractivity contribution in [2.24, 2.45) is 11.7 Å². The van der Waals surface area contributed by atoms with Gasteiger partial charge >= 0.3 is 6.03 Å². The first-order chi connectivity index (χ1) is 12.7. The fraction of sp³-hybridized carbons (Fsp3) is 0.368. The van der Waals surface area contributed by atoms with Crippen LogP contribution in [0.3, 0.4) is 0 Å². The molecule has 0 atom stereocenters. The molecule has 0 aliphatic rings.